The molecular formula is C15H25ClN2O. The maximum absolute atomic E-state index is 6.09. The number of hydrogen-bond donors (Lipinski definition) is 1. The van der Waals surface area contributed by atoms with E-state index in [0.717, 1.165) is 25.4 Å². The van der Waals surface area contributed by atoms with Gasteiger partial charge in [-0.2, -0.15) is 0 Å². The van der Waals surface area contributed by atoms with Crippen LogP contribution in [0.2, 0.25) is 5.02 Å². The van der Waals surface area contributed by atoms with Gasteiger partial charge in [0.1, 0.15) is 5.75 Å². The van der Waals surface area contributed by atoms with Crippen molar-refractivity contribution in [2.75, 3.05) is 27.2 Å². The highest BCUT2D eigenvalue weighted by Crippen LogP contribution is 2.24. The maximum atomic E-state index is 6.09. The van der Waals surface area contributed by atoms with E-state index in [1.165, 1.54) is 12.0 Å². The summed E-state index contributed by atoms with van der Waals surface area (Å²) in [7, 11) is 3.80. The second-order valence-electron chi connectivity index (χ2n) is 4.88. The highest BCUT2D eigenvalue weighted by atomic mass is 35.5. The van der Waals surface area contributed by atoms with E-state index in [-0.39, 0.29) is 0 Å². The third kappa shape index (κ3) is 5.39. The second kappa shape index (κ2) is 8.41. The molecule has 0 amide bonds. The molecule has 0 aliphatic carbocycles. The number of benzene rings is 1. The number of nitrogens with one attached hydrogen (secondary N) is 1. The van der Waals surface area contributed by atoms with Crippen molar-refractivity contribution in [1.82, 2.24) is 10.2 Å². The number of nitrogens with zero attached hydrogens (tertiary/aromatic N) is 1. The minimum atomic E-state index is 0.636. The molecule has 0 saturated heterocycles. The molecule has 0 radical (unpaired) electrons. The summed E-state index contributed by atoms with van der Waals surface area (Å²) in [6, 6.07) is 6.53. The molecule has 3 nitrogen and oxygen atoms in total. The first-order chi connectivity index (χ1) is 9.08. The Morgan fingerprint density at radius 2 is 2.16 bits per heavy atom. The van der Waals surface area contributed by atoms with E-state index in [1.807, 2.05) is 18.2 Å². The van der Waals surface area contributed by atoms with Crippen molar-refractivity contribution in [3.05, 3.63) is 28.8 Å². The summed E-state index contributed by atoms with van der Waals surface area (Å²) < 4.78 is 5.14. The van der Waals surface area contributed by atoms with Crippen molar-refractivity contribution in [2.45, 2.75) is 32.9 Å². The van der Waals surface area contributed by atoms with Gasteiger partial charge in [0.15, 0.2) is 0 Å². The van der Waals surface area contributed by atoms with Gasteiger partial charge in [0, 0.05) is 25.7 Å². The Bertz CT molecular complexity index is 384. The topological polar surface area (TPSA) is 24.5 Å². The smallest absolute Gasteiger partial charge is 0.137 e. The Morgan fingerprint density at radius 1 is 1.42 bits per heavy atom. The predicted molar refractivity (Wildman–Crippen MR) is 82.1 cm³/mol. The van der Waals surface area contributed by atoms with Gasteiger partial charge in [0.2, 0.25) is 0 Å². The summed E-state index contributed by atoms with van der Waals surface area (Å²) in [5, 5.41) is 4.10. The molecule has 4 heteroatoms. The summed E-state index contributed by atoms with van der Waals surface area (Å²) in [4.78, 5) is 2.37. The number of rotatable bonds is 8. The molecule has 19 heavy (non-hydrogen) atoms. The van der Waals surface area contributed by atoms with E-state index < -0.39 is 0 Å². The van der Waals surface area contributed by atoms with Gasteiger partial charge >= 0.3 is 0 Å². The fourth-order valence-corrected chi connectivity index (χ4v) is 2.12. The molecule has 1 aromatic carbocycles. The molecule has 0 heterocycles. The zero-order chi connectivity index (χ0) is 14.3. The second-order valence-corrected chi connectivity index (χ2v) is 5.29. The molecule has 0 aliphatic rings. The monoisotopic (exact) mass is 284 g/mol. The third-order valence-electron chi connectivity index (χ3n) is 3.53. The SMILES string of the molecule is CCC(C)N(C)CCNCc1ccc(OC)c(Cl)c1. The highest BCUT2D eigenvalue weighted by molar-refractivity contribution is 6.32. The number of hydrogen-bond acceptors (Lipinski definition) is 3. The van der Waals surface area contributed by atoms with Crippen LogP contribution < -0.4 is 10.1 Å². The molecule has 1 unspecified atom stereocenters. The number of halogens is 1. The first-order valence-corrected chi connectivity index (χ1v) is 7.19. The summed E-state index contributed by atoms with van der Waals surface area (Å²) in [6.07, 6.45) is 1.19. The van der Waals surface area contributed by atoms with Crippen molar-refractivity contribution < 1.29 is 4.74 Å². The largest absolute Gasteiger partial charge is 0.495 e. The Morgan fingerprint density at radius 3 is 2.74 bits per heavy atom. The minimum Gasteiger partial charge on any atom is -0.495 e. The van der Waals surface area contributed by atoms with E-state index in [2.05, 4.69) is 31.1 Å². The van der Waals surface area contributed by atoms with Gasteiger partial charge < -0.3 is 15.0 Å². The van der Waals surface area contributed by atoms with Crippen LogP contribution >= 0.6 is 11.6 Å². The van der Waals surface area contributed by atoms with Crippen LogP contribution in [0, 0.1) is 0 Å². The molecule has 1 aromatic rings. The molecule has 1 N–H and O–H groups in total. The fraction of sp³-hybridized carbons (Fsp3) is 0.600. The molecule has 0 saturated carbocycles. The quantitative estimate of drug-likeness (QED) is 0.742. The van der Waals surface area contributed by atoms with Crippen molar-refractivity contribution in [3.63, 3.8) is 0 Å². The van der Waals surface area contributed by atoms with Gasteiger partial charge in [-0.3, -0.25) is 0 Å². The van der Waals surface area contributed by atoms with Crippen LogP contribution in [0.15, 0.2) is 18.2 Å². The van der Waals surface area contributed by atoms with E-state index >= 15 is 0 Å². The molecule has 0 spiro atoms. The molecule has 1 rings (SSSR count). The van der Waals surface area contributed by atoms with Gasteiger partial charge in [-0.15, -0.1) is 0 Å². The van der Waals surface area contributed by atoms with Crippen LogP contribution in [0.3, 0.4) is 0 Å². The maximum Gasteiger partial charge on any atom is 0.137 e. The number of ether oxygens (including phenoxy) is 1. The highest BCUT2D eigenvalue weighted by Gasteiger charge is 2.05. The molecule has 108 valence electrons. The van der Waals surface area contributed by atoms with Crippen LogP contribution in [0.1, 0.15) is 25.8 Å². The Labute approximate surface area is 121 Å². The standard InChI is InChI=1S/C15H25ClN2O/c1-5-12(2)18(3)9-8-17-11-13-6-7-15(19-4)14(16)10-13/h6-7,10,12,17H,5,8-9,11H2,1-4H3. The molecule has 0 aromatic heterocycles. The van der Waals surface area contributed by atoms with Gasteiger partial charge in [0.05, 0.1) is 12.1 Å². The lowest BCUT2D eigenvalue weighted by molar-refractivity contribution is 0.251. The predicted octanol–water partition coefficient (Wildman–Crippen LogP) is 3.17. The lowest BCUT2D eigenvalue weighted by atomic mass is 10.2. The molecular weight excluding hydrogens is 260 g/mol. The number of likely N-dealkylation sites (N-methyl/N-ethyl adjacent to an activating group) is 1. The fourth-order valence-electron chi connectivity index (χ4n) is 1.84. The van der Waals surface area contributed by atoms with E-state index in [0.29, 0.717) is 11.1 Å². The Hall–Kier alpha value is -0.770. The summed E-state index contributed by atoms with van der Waals surface area (Å²) in [6.45, 7) is 7.33. The lowest BCUT2D eigenvalue weighted by Crippen LogP contribution is -2.34. The summed E-state index contributed by atoms with van der Waals surface area (Å²) in [5.74, 6) is 0.724. The average Bonchev–Trinajstić information content (AvgIpc) is 2.42. The Kier molecular flexibility index (Phi) is 7.21. The molecule has 0 bridgehead atoms. The molecule has 0 aliphatic heterocycles. The first kappa shape index (κ1) is 16.3. The van der Waals surface area contributed by atoms with Crippen LogP contribution in [-0.4, -0.2) is 38.2 Å². The molecule has 1 atom stereocenters. The van der Waals surface area contributed by atoms with Crippen LogP contribution in [0.25, 0.3) is 0 Å². The average molecular weight is 285 g/mol. The van der Waals surface area contributed by atoms with Crippen LogP contribution in [0.5, 0.6) is 5.75 Å². The van der Waals surface area contributed by atoms with E-state index in [4.69, 9.17) is 16.3 Å². The normalized spacial score (nSPS) is 12.7. The van der Waals surface area contributed by atoms with Crippen molar-refractivity contribution >= 4 is 11.6 Å². The van der Waals surface area contributed by atoms with Crippen LogP contribution in [-0.2, 0) is 6.54 Å². The van der Waals surface area contributed by atoms with Gasteiger partial charge in [0.25, 0.3) is 0 Å². The minimum absolute atomic E-state index is 0.636. The first-order valence-electron chi connectivity index (χ1n) is 6.81. The summed E-state index contributed by atoms with van der Waals surface area (Å²) >= 11 is 6.09. The zero-order valence-electron chi connectivity index (χ0n) is 12.4. The molecule has 0 fully saturated rings. The van der Waals surface area contributed by atoms with Crippen molar-refractivity contribution in [1.29, 1.82) is 0 Å². The van der Waals surface area contributed by atoms with Crippen molar-refractivity contribution in [2.24, 2.45) is 0 Å². The van der Waals surface area contributed by atoms with Crippen molar-refractivity contribution in [3.8, 4) is 5.75 Å². The van der Waals surface area contributed by atoms with E-state index in [9.17, 15) is 0 Å². The number of methoxy groups -OCH3 is 1. The van der Waals surface area contributed by atoms with Gasteiger partial charge in [-0.1, -0.05) is 24.6 Å². The van der Waals surface area contributed by atoms with E-state index in [1.54, 1.807) is 7.11 Å². The Balaban J connectivity index is 2.31. The van der Waals surface area contributed by atoms with Gasteiger partial charge in [-0.25, -0.2) is 0 Å². The summed E-state index contributed by atoms with van der Waals surface area (Å²) in [5.41, 5.74) is 1.18. The van der Waals surface area contributed by atoms with Gasteiger partial charge in [-0.05, 0) is 38.1 Å². The third-order valence-corrected chi connectivity index (χ3v) is 3.83. The zero-order valence-corrected chi connectivity index (χ0v) is 13.1. The lowest BCUT2D eigenvalue weighted by Gasteiger charge is -2.23. The van der Waals surface area contributed by atoms with Crippen LogP contribution in [0.4, 0.5) is 0 Å².